The second-order valence-electron chi connectivity index (χ2n) is 2.71. The van der Waals surface area contributed by atoms with Crippen molar-refractivity contribution in [3.8, 4) is 0 Å². The highest BCUT2D eigenvalue weighted by atomic mass is 32.2. The van der Waals surface area contributed by atoms with Crippen molar-refractivity contribution in [2.45, 2.75) is 6.04 Å². The number of hydrogen-bond donors (Lipinski definition) is 0. The quantitative estimate of drug-likeness (QED) is 0.682. The molecule has 0 aromatic carbocycles. The summed E-state index contributed by atoms with van der Waals surface area (Å²) in [7, 11) is 0. The van der Waals surface area contributed by atoms with Crippen LogP contribution in [0.25, 0.3) is 0 Å². The van der Waals surface area contributed by atoms with Gasteiger partial charge in [-0.25, -0.2) is 15.0 Å². The largest absolute Gasteiger partial charge is 0.255 e. The lowest BCUT2D eigenvalue weighted by atomic mass is 10.3. The second-order valence-corrected chi connectivity index (χ2v) is 4.81. The first kappa shape index (κ1) is 9.92. The molecule has 6 heteroatoms. The zero-order valence-electron chi connectivity index (χ0n) is 7.75. The van der Waals surface area contributed by atoms with Crippen LogP contribution in [0.15, 0.2) is 20.0 Å². The van der Waals surface area contributed by atoms with Crippen LogP contribution in [-0.4, -0.2) is 47.4 Å². The average molecular weight is 226 g/mol. The predicted molar refractivity (Wildman–Crippen MR) is 66.5 cm³/mol. The number of thioether (sulfide) groups is 2. The minimum Gasteiger partial charge on any atom is -0.255 e. The molecule has 1 unspecified atom stereocenters. The van der Waals surface area contributed by atoms with Crippen LogP contribution >= 0.6 is 23.5 Å². The molecule has 2 aliphatic rings. The van der Waals surface area contributed by atoms with Crippen molar-refractivity contribution in [2.75, 3.05) is 17.8 Å². The van der Waals surface area contributed by atoms with Crippen molar-refractivity contribution in [2.24, 2.45) is 20.0 Å². The van der Waals surface area contributed by atoms with Crippen LogP contribution in [-0.2, 0) is 0 Å². The number of rotatable bonds is 3. The van der Waals surface area contributed by atoms with Crippen LogP contribution in [0.1, 0.15) is 0 Å². The van der Waals surface area contributed by atoms with Gasteiger partial charge in [0.05, 0.1) is 0 Å². The van der Waals surface area contributed by atoms with Crippen molar-refractivity contribution in [1.82, 2.24) is 0 Å². The molecule has 0 aromatic heterocycles. The van der Waals surface area contributed by atoms with Gasteiger partial charge < -0.3 is 0 Å². The van der Waals surface area contributed by atoms with Crippen molar-refractivity contribution in [3.05, 3.63) is 0 Å². The summed E-state index contributed by atoms with van der Waals surface area (Å²) in [6.45, 7) is 0. The minimum absolute atomic E-state index is 0.0214. The molecule has 4 nitrogen and oxygen atoms in total. The molecule has 0 amide bonds. The van der Waals surface area contributed by atoms with Crippen LogP contribution in [0.4, 0.5) is 0 Å². The second kappa shape index (κ2) is 4.75. The van der Waals surface area contributed by atoms with Crippen LogP contribution in [0.2, 0.25) is 0 Å². The molecule has 2 heterocycles. The maximum absolute atomic E-state index is 4.23. The highest BCUT2D eigenvalue weighted by Gasteiger charge is 2.25. The Hall–Kier alpha value is -0.620. The van der Waals surface area contributed by atoms with E-state index in [0.29, 0.717) is 0 Å². The highest BCUT2D eigenvalue weighted by molar-refractivity contribution is 8.14. The first-order valence-corrected chi connectivity index (χ1v) is 6.61. The Bertz CT molecular complexity index is 332. The first-order chi connectivity index (χ1) is 6.92. The number of amidine groups is 1. The number of aliphatic imine (C=N–C) groups is 4. The highest BCUT2D eigenvalue weighted by Crippen LogP contribution is 2.18. The summed E-state index contributed by atoms with van der Waals surface area (Å²) in [6.07, 6.45) is 5.23. The first-order valence-electron chi connectivity index (χ1n) is 4.23. The summed E-state index contributed by atoms with van der Waals surface area (Å²) in [6, 6.07) is -0.0214. The van der Waals surface area contributed by atoms with Gasteiger partial charge in [0.25, 0.3) is 0 Å². The van der Waals surface area contributed by atoms with Gasteiger partial charge in [-0.3, -0.25) is 4.99 Å². The van der Waals surface area contributed by atoms with Crippen LogP contribution in [0.3, 0.4) is 0 Å². The van der Waals surface area contributed by atoms with E-state index in [2.05, 4.69) is 26.2 Å². The predicted octanol–water partition coefficient (Wildman–Crippen LogP) is 1.33. The summed E-state index contributed by atoms with van der Waals surface area (Å²) in [5.41, 5.74) is 0. The van der Waals surface area contributed by atoms with Crippen LogP contribution < -0.4 is 0 Å². The Kier molecular flexibility index (Phi) is 3.36. The van der Waals surface area contributed by atoms with Crippen molar-refractivity contribution < 1.29 is 0 Å². The summed E-state index contributed by atoms with van der Waals surface area (Å²) < 4.78 is 0. The zero-order chi connectivity index (χ0) is 9.80. The van der Waals surface area contributed by atoms with Gasteiger partial charge in [0.2, 0.25) is 0 Å². The van der Waals surface area contributed by atoms with E-state index in [1.54, 1.807) is 24.4 Å². The molecule has 0 spiro atoms. The molecule has 14 heavy (non-hydrogen) atoms. The standard InChI is InChI=1S/C8H10N4S2/c1-13-2-3-14-8-6-7(10-4-9-6)11-5-12-8/h4-6H,2-3H2,1H3. The van der Waals surface area contributed by atoms with E-state index in [4.69, 9.17) is 0 Å². The molecule has 0 saturated heterocycles. The van der Waals surface area contributed by atoms with E-state index in [9.17, 15) is 0 Å². The lowest BCUT2D eigenvalue weighted by Crippen LogP contribution is -2.26. The fraction of sp³-hybridized carbons (Fsp3) is 0.500. The number of hydrogen-bond acceptors (Lipinski definition) is 6. The van der Waals surface area contributed by atoms with Crippen molar-refractivity contribution in [3.63, 3.8) is 0 Å². The Labute approximate surface area is 91.1 Å². The smallest absolute Gasteiger partial charge is 0.163 e. The summed E-state index contributed by atoms with van der Waals surface area (Å²) in [5.74, 6) is 2.96. The molecule has 0 aliphatic carbocycles. The Morgan fingerprint density at radius 3 is 3.07 bits per heavy atom. The SMILES string of the molecule is CSCCSC1=NC=NC2=NC=NC21. The third-order valence-electron chi connectivity index (χ3n) is 1.80. The van der Waals surface area contributed by atoms with Crippen LogP contribution in [0.5, 0.6) is 0 Å². The lowest BCUT2D eigenvalue weighted by Gasteiger charge is -2.12. The van der Waals surface area contributed by atoms with Gasteiger partial charge in [-0.2, -0.15) is 11.8 Å². The van der Waals surface area contributed by atoms with Crippen LogP contribution in [0, 0.1) is 0 Å². The topological polar surface area (TPSA) is 49.4 Å². The molecule has 0 aromatic rings. The molecule has 0 radical (unpaired) electrons. The lowest BCUT2D eigenvalue weighted by molar-refractivity contribution is 1.16. The Balaban J connectivity index is 1.97. The fourth-order valence-electron chi connectivity index (χ4n) is 1.14. The fourth-order valence-corrected chi connectivity index (χ4v) is 2.79. The van der Waals surface area contributed by atoms with E-state index in [1.165, 1.54) is 0 Å². The normalized spacial score (nSPS) is 23.4. The van der Waals surface area contributed by atoms with E-state index in [1.807, 2.05) is 11.8 Å². The molecule has 2 rings (SSSR count). The summed E-state index contributed by atoms with van der Waals surface area (Å²) in [5, 5.41) is 1.02. The summed E-state index contributed by atoms with van der Waals surface area (Å²) >= 11 is 3.58. The molecule has 1 atom stereocenters. The van der Waals surface area contributed by atoms with Gasteiger partial charge in [-0.15, -0.1) is 11.8 Å². The van der Waals surface area contributed by atoms with Crippen molar-refractivity contribution >= 4 is 47.1 Å². The molecule has 0 saturated carbocycles. The maximum atomic E-state index is 4.23. The van der Waals surface area contributed by atoms with Gasteiger partial charge >= 0.3 is 0 Å². The Morgan fingerprint density at radius 1 is 1.29 bits per heavy atom. The van der Waals surface area contributed by atoms with E-state index in [-0.39, 0.29) is 6.04 Å². The molecule has 0 N–H and O–H groups in total. The monoisotopic (exact) mass is 226 g/mol. The maximum Gasteiger partial charge on any atom is 0.163 e. The molecule has 2 aliphatic heterocycles. The Morgan fingerprint density at radius 2 is 2.21 bits per heavy atom. The van der Waals surface area contributed by atoms with Gasteiger partial charge in [0, 0.05) is 11.5 Å². The third-order valence-corrected chi connectivity index (χ3v) is 3.70. The van der Waals surface area contributed by atoms with E-state index < -0.39 is 0 Å². The molecule has 0 bridgehead atoms. The van der Waals surface area contributed by atoms with Gasteiger partial charge in [0.15, 0.2) is 11.9 Å². The van der Waals surface area contributed by atoms with Gasteiger partial charge in [0.1, 0.15) is 17.7 Å². The molecule has 74 valence electrons. The van der Waals surface area contributed by atoms with Gasteiger partial charge in [-0.1, -0.05) is 0 Å². The van der Waals surface area contributed by atoms with Crippen molar-refractivity contribution in [1.29, 1.82) is 0 Å². The van der Waals surface area contributed by atoms with E-state index in [0.717, 1.165) is 22.4 Å². The number of nitrogens with zero attached hydrogens (tertiary/aromatic N) is 4. The number of fused-ring (bicyclic) bond motifs is 1. The third kappa shape index (κ3) is 2.06. The summed E-state index contributed by atoms with van der Waals surface area (Å²) in [4.78, 5) is 16.6. The zero-order valence-corrected chi connectivity index (χ0v) is 9.38. The van der Waals surface area contributed by atoms with Gasteiger partial charge in [-0.05, 0) is 6.26 Å². The average Bonchev–Trinajstić information content (AvgIpc) is 2.67. The molecule has 0 fully saturated rings. The molecular formula is C8H10N4S2. The van der Waals surface area contributed by atoms with E-state index >= 15 is 0 Å². The minimum atomic E-state index is -0.0214. The molecular weight excluding hydrogens is 216 g/mol.